The number of hydrogen-bond acceptors (Lipinski definition) is 6. The van der Waals surface area contributed by atoms with Crippen molar-refractivity contribution in [3.63, 3.8) is 0 Å². The first-order valence-corrected chi connectivity index (χ1v) is 12.8. The lowest BCUT2D eigenvalue weighted by Crippen LogP contribution is -2.44. The predicted molar refractivity (Wildman–Crippen MR) is 140 cm³/mol. The molecule has 36 heavy (non-hydrogen) atoms. The Labute approximate surface area is 222 Å². The molecule has 0 aliphatic heterocycles. The summed E-state index contributed by atoms with van der Waals surface area (Å²) in [6.45, 7) is 0.683. The minimum Gasteiger partial charge on any atom is -0.369 e. The molecule has 0 radical (unpaired) electrons. The summed E-state index contributed by atoms with van der Waals surface area (Å²) in [7, 11) is 0. The molecule has 2 amide bonds. The molecule has 0 unspecified atom stereocenters. The van der Waals surface area contributed by atoms with Crippen LogP contribution in [0.25, 0.3) is 0 Å². The van der Waals surface area contributed by atoms with Gasteiger partial charge in [0.1, 0.15) is 11.4 Å². The van der Waals surface area contributed by atoms with Gasteiger partial charge >= 0.3 is 0 Å². The van der Waals surface area contributed by atoms with E-state index in [1.807, 2.05) is 0 Å². The Morgan fingerprint density at radius 1 is 0.972 bits per heavy atom. The van der Waals surface area contributed by atoms with Crippen LogP contribution in [0.2, 0.25) is 0 Å². The first-order chi connectivity index (χ1) is 17.3. The molecule has 188 valence electrons. The van der Waals surface area contributed by atoms with E-state index in [2.05, 4.69) is 72.4 Å². The van der Waals surface area contributed by atoms with Crippen molar-refractivity contribution in [2.75, 3.05) is 24.6 Å². The Morgan fingerprint density at radius 3 is 2.17 bits per heavy atom. The smallest absolute Gasteiger partial charge is 0.267 e. The number of amides is 2. The molecule has 0 spiro atoms. The largest absolute Gasteiger partial charge is 0.369 e. The Kier molecular flexibility index (Phi) is 6.62. The number of halogens is 2. The summed E-state index contributed by atoms with van der Waals surface area (Å²) in [5.41, 5.74) is 15.2. The number of nitrogens with one attached hydrogen (secondary N) is 6. The van der Waals surface area contributed by atoms with Crippen LogP contribution in [0.1, 0.15) is 44.0 Å². The Balaban J connectivity index is 1.43. The summed E-state index contributed by atoms with van der Waals surface area (Å²) in [6.07, 6.45) is 5.65. The van der Waals surface area contributed by atoms with Crippen LogP contribution in [0.15, 0.2) is 39.7 Å². The Hall–Kier alpha value is -3.52. The monoisotopic (exact) mass is 618 g/mol. The molecule has 0 aromatic carbocycles. The van der Waals surface area contributed by atoms with Gasteiger partial charge in [-0.25, -0.2) is 9.97 Å². The zero-order chi connectivity index (χ0) is 25.4. The van der Waals surface area contributed by atoms with Gasteiger partial charge in [0.15, 0.2) is 11.9 Å². The van der Waals surface area contributed by atoms with Crippen LogP contribution >= 0.6 is 31.9 Å². The number of imidazole rings is 2. The van der Waals surface area contributed by atoms with Crippen molar-refractivity contribution in [1.29, 1.82) is 0 Å². The summed E-state index contributed by atoms with van der Waals surface area (Å²) in [5, 5.41) is 6.05. The maximum Gasteiger partial charge on any atom is 0.267 e. The summed E-state index contributed by atoms with van der Waals surface area (Å²) in [4.78, 5) is 46.4. The molecule has 4 aromatic rings. The molecule has 5 rings (SSSR count). The van der Waals surface area contributed by atoms with Gasteiger partial charge in [-0.2, -0.15) is 0 Å². The number of nitrogens with two attached hydrogens (primary N) is 2. The maximum atomic E-state index is 12.8. The van der Waals surface area contributed by atoms with Crippen molar-refractivity contribution in [3.8, 4) is 0 Å². The average molecular weight is 620 g/mol. The minimum atomic E-state index is -0.288. The van der Waals surface area contributed by atoms with Crippen LogP contribution in [-0.4, -0.2) is 54.8 Å². The molecule has 0 bridgehead atoms. The second-order valence-corrected chi connectivity index (χ2v) is 10.5. The number of carbonyl (C=O) groups excluding carboxylic acids is 2. The second-order valence-electron chi connectivity index (χ2n) is 8.70. The van der Waals surface area contributed by atoms with Crippen LogP contribution in [0.3, 0.4) is 0 Å². The second kappa shape index (κ2) is 9.85. The SMILES string of the molecule is Nc1ncc([C@H]2c3nc(N)[nH]c3C[C@H](CNC(=O)c3cc(Br)c[nH]3)[C@H]2CNC(=O)c2cc(Br)c[nH]2)[nH]1. The summed E-state index contributed by atoms with van der Waals surface area (Å²) < 4.78 is 1.57. The molecule has 14 heteroatoms. The fourth-order valence-electron chi connectivity index (χ4n) is 4.76. The lowest BCUT2D eigenvalue weighted by Gasteiger charge is -2.37. The van der Waals surface area contributed by atoms with Crippen molar-refractivity contribution in [1.82, 2.24) is 40.5 Å². The van der Waals surface area contributed by atoms with E-state index in [9.17, 15) is 9.59 Å². The third-order valence-corrected chi connectivity index (χ3v) is 7.30. The van der Waals surface area contributed by atoms with Gasteiger partial charge in [0.05, 0.1) is 11.9 Å². The van der Waals surface area contributed by atoms with Gasteiger partial charge in [0, 0.05) is 51.7 Å². The van der Waals surface area contributed by atoms with Crippen molar-refractivity contribution >= 4 is 55.6 Å². The molecular formula is C22H24Br2N10O2. The number of anilines is 2. The number of aromatic amines is 4. The molecule has 12 nitrogen and oxygen atoms in total. The van der Waals surface area contributed by atoms with Crippen LogP contribution in [0.5, 0.6) is 0 Å². The maximum absolute atomic E-state index is 12.8. The number of H-pyrrole nitrogens is 4. The van der Waals surface area contributed by atoms with E-state index in [1.54, 1.807) is 30.7 Å². The van der Waals surface area contributed by atoms with Crippen LogP contribution in [0, 0.1) is 11.8 Å². The summed E-state index contributed by atoms with van der Waals surface area (Å²) >= 11 is 6.70. The highest BCUT2D eigenvalue weighted by molar-refractivity contribution is 9.10. The molecule has 10 N–H and O–H groups in total. The van der Waals surface area contributed by atoms with E-state index in [0.29, 0.717) is 36.8 Å². The molecule has 1 aliphatic rings. The first kappa shape index (κ1) is 24.2. The van der Waals surface area contributed by atoms with Crippen LogP contribution < -0.4 is 22.1 Å². The van der Waals surface area contributed by atoms with Gasteiger partial charge in [0.25, 0.3) is 11.8 Å². The van der Waals surface area contributed by atoms with Gasteiger partial charge in [0.2, 0.25) is 0 Å². The van der Waals surface area contributed by atoms with Gasteiger partial charge in [-0.05, 0) is 62.2 Å². The fourth-order valence-corrected chi connectivity index (χ4v) is 5.45. The van der Waals surface area contributed by atoms with Crippen LogP contribution in [-0.2, 0) is 6.42 Å². The van der Waals surface area contributed by atoms with E-state index in [1.165, 1.54) is 0 Å². The lowest BCUT2D eigenvalue weighted by molar-refractivity contribution is 0.0906. The number of nitrogen functional groups attached to an aromatic ring is 2. The van der Waals surface area contributed by atoms with E-state index in [4.69, 9.17) is 11.5 Å². The Bertz CT molecular complexity index is 1400. The van der Waals surface area contributed by atoms with Gasteiger partial charge < -0.3 is 42.0 Å². The highest BCUT2D eigenvalue weighted by Gasteiger charge is 2.41. The predicted octanol–water partition coefficient (Wildman–Crippen LogP) is 2.26. The fraction of sp³-hybridized carbons (Fsp3) is 0.273. The van der Waals surface area contributed by atoms with Crippen molar-refractivity contribution in [2.24, 2.45) is 11.8 Å². The molecular weight excluding hydrogens is 596 g/mol. The number of aromatic nitrogens is 6. The van der Waals surface area contributed by atoms with E-state index in [0.717, 1.165) is 26.0 Å². The molecule has 0 saturated carbocycles. The summed E-state index contributed by atoms with van der Waals surface area (Å²) in [6, 6.07) is 3.42. The van der Waals surface area contributed by atoms with E-state index in [-0.39, 0.29) is 35.5 Å². The third kappa shape index (κ3) is 4.91. The van der Waals surface area contributed by atoms with Crippen LogP contribution in [0.4, 0.5) is 11.9 Å². The van der Waals surface area contributed by atoms with E-state index < -0.39 is 0 Å². The Morgan fingerprint density at radius 2 is 1.61 bits per heavy atom. The zero-order valence-corrected chi connectivity index (χ0v) is 22.0. The number of rotatable bonds is 7. The number of fused-ring (bicyclic) bond motifs is 1. The van der Waals surface area contributed by atoms with Gasteiger partial charge in [-0.3, -0.25) is 9.59 Å². The molecule has 0 fully saturated rings. The lowest BCUT2D eigenvalue weighted by atomic mass is 9.71. The highest BCUT2D eigenvalue weighted by Crippen LogP contribution is 2.42. The molecule has 4 aromatic heterocycles. The highest BCUT2D eigenvalue weighted by atomic mass is 79.9. The first-order valence-electron chi connectivity index (χ1n) is 11.2. The van der Waals surface area contributed by atoms with Crippen molar-refractivity contribution in [2.45, 2.75) is 12.3 Å². The van der Waals surface area contributed by atoms with Crippen molar-refractivity contribution < 1.29 is 9.59 Å². The number of nitrogens with zero attached hydrogens (tertiary/aromatic N) is 2. The quantitative estimate of drug-likeness (QED) is 0.156. The number of carbonyl (C=O) groups is 2. The average Bonchev–Trinajstić information content (AvgIpc) is 3.63. The van der Waals surface area contributed by atoms with E-state index >= 15 is 0 Å². The molecule has 3 atom stereocenters. The molecule has 0 saturated heterocycles. The number of hydrogen-bond donors (Lipinski definition) is 8. The normalized spacial score (nSPS) is 19.1. The topological polar surface area (TPSA) is 199 Å². The molecule has 4 heterocycles. The minimum absolute atomic E-state index is 0.0649. The summed E-state index contributed by atoms with van der Waals surface area (Å²) in [5.74, 6) is -0.390. The third-order valence-electron chi connectivity index (χ3n) is 6.38. The zero-order valence-electron chi connectivity index (χ0n) is 18.9. The van der Waals surface area contributed by atoms with Crippen molar-refractivity contribution in [3.05, 3.63) is 68.1 Å². The van der Waals surface area contributed by atoms with Gasteiger partial charge in [-0.15, -0.1) is 0 Å². The van der Waals surface area contributed by atoms with Gasteiger partial charge in [-0.1, -0.05) is 0 Å². The standard InChI is InChI=1S/C22H24Br2N10O2/c23-10-2-14(27-5-10)19(35)29-4-9-1-13-18(34-22(26)32-13)17(16-8-31-21(25)33-16)12(9)7-30-20(36)15-3-11(24)6-28-15/h2-3,5-6,8-9,12,17,27-28H,1,4,7H2,(H,29,35)(H,30,36)(H3,25,31,33)(H3,26,32,34)/t9-,12-,17+/m1/s1. The molecule has 1 aliphatic carbocycles.